The zero-order chi connectivity index (χ0) is 28.1. The molecule has 1 unspecified atom stereocenters. The smallest absolute Gasteiger partial charge is 0.408 e. The zero-order valence-electron chi connectivity index (χ0n) is 22.5. The molecule has 0 bridgehead atoms. The SMILES string of the molecule is COC(=O)CCCCOc1ccccc1C(NC(=O)OC(C)(C)C)C(=O)N(CC(=O)OC)Cc1cccs1. The minimum absolute atomic E-state index is 0.147. The normalized spacial score (nSPS) is 11.7. The maximum atomic E-state index is 13.9. The number of nitrogens with zero attached hydrogens (tertiary/aromatic N) is 1. The highest BCUT2D eigenvalue weighted by Gasteiger charge is 2.33. The molecule has 1 heterocycles. The Morgan fingerprint density at radius 3 is 2.32 bits per heavy atom. The van der Waals surface area contributed by atoms with E-state index < -0.39 is 29.6 Å². The van der Waals surface area contributed by atoms with E-state index in [4.69, 9.17) is 14.2 Å². The van der Waals surface area contributed by atoms with E-state index in [0.29, 0.717) is 24.2 Å². The highest BCUT2D eigenvalue weighted by atomic mass is 32.1. The molecule has 0 saturated carbocycles. The van der Waals surface area contributed by atoms with Crippen molar-refractivity contribution < 1.29 is 38.1 Å². The van der Waals surface area contributed by atoms with E-state index in [0.717, 1.165) is 4.88 Å². The van der Waals surface area contributed by atoms with E-state index in [1.54, 1.807) is 45.0 Å². The number of esters is 2. The molecular weight excluding hydrogens is 512 g/mol. The van der Waals surface area contributed by atoms with Crippen LogP contribution in [0.1, 0.15) is 56.5 Å². The lowest BCUT2D eigenvalue weighted by Gasteiger charge is -2.29. The standard InChI is InChI=1S/C27H36N2O8S/c1-27(2,3)37-26(33)28-24(25(32)29(18-23(31)35-5)17-19-11-10-16-38-19)20-12-6-7-13-21(20)36-15-9-8-14-22(30)34-4/h6-7,10-13,16,24H,8-9,14-15,17-18H2,1-5H3,(H,28,33). The van der Waals surface area contributed by atoms with Gasteiger partial charge in [0.05, 0.1) is 27.4 Å². The van der Waals surface area contributed by atoms with Crippen molar-refractivity contribution in [3.8, 4) is 5.75 Å². The number of rotatable bonds is 13. The second kappa shape index (κ2) is 15.0. The lowest BCUT2D eigenvalue weighted by atomic mass is 10.0. The number of para-hydroxylation sites is 1. The molecule has 0 fully saturated rings. The van der Waals surface area contributed by atoms with E-state index in [2.05, 4.69) is 10.1 Å². The molecule has 38 heavy (non-hydrogen) atoms. The number of nitrogens with one attached hydrogen (secondary N) is 1. The van der Waals surface area contributed by atoms with Crippen LogP contribution < -0.4 is 10.1 Å². The van der Waals surface area contributed by atoms with Gasteiger partial charge in [-0.2, -0.15) is 0 Å². The fraction of sp³-hybridized carbons (Fsp3) is 0.481. The fourth-order valence-corrected chi connectivity index (χ4v) is 4.13. The maximum absolute atomic E-state index is 13.9. The number of carbonyl (C=O) groups excluding carboxylic acids is 4. The van der Waals surface area contributed by atoms with Crippen molar-refractivity contribution in [3.05, 3.63) is 52.2 Å². The molecule has 2 amide bonds. The zero-order valence-corrected chi connectivity index (χ0v) is 23.3. The summed E-state index contributed by atoms with van der Waals surface area (Å²) in [5.41, 5.74) is -0.395. The summed E-state index contributed by atoms with van der Waals surface area (Å²) < 4.78 is 20.8. The predicted octanol–water partition coefficient (Wildman–Crippen LogP) is 4.24. The van der Waals surface area contributed by atoms with Crippen LogP contribution >= 0.6 is 11.3 Å². The summed E-state index contributed by atoms with van der Waals surface area (Å²) in [5.74, 6) is -1.04. The van der Waals surface area contributed by atoms with E-state index in [1.165, 1.54) is 30.5 Å². The van der Waals surface area contributed by atoms with Gasteiger partial charge < -0.3 is 29.2 Å². The van der Waals surface area contributed by atoms with Crippen molar-refractivity contribution in [2.75, 3.05) is 27.4 Å². The minimum Gasteiger partial charge on any atom is -0.493 e. The summed E-state index contributed by atoms with van der Waals surface area (Å²) in [4.78, 5) is 52.4. The van der Waals surface area contributed by atoms with Crippen LogP contribution in [0.15, 0.2) is 41.8 Å². The van der Waals surface area contributed by atoms with Crippen LogP contribution in [0.2, 0.25) is 0 Å². The molecule has 0 saturated heterocycles. The number of unbranched alkanes of at least 4 members (excludes halogenated alkanes) is 1. The van der Waals surface area contributed by atoms with E-state index >= 15 is 0 Å². The first-order valence-electron chi connectivity index (χ1n) is 12.2. The Labute approximate surface area is 227 Å². The van der Waals surface area contributed by atoms with Crippen LogP contribution in [0.4, 0.5) is 4.79 Å². The first kappa shape index (κ1) is 30.6. The molecule has 0 aliphatic carbocycles. The molecule has 0 spiro atoms. The summed E-state index contributed by atoms with van der Waals surface area (Å²) in [6, 6.07) is 9.33. The van der Waals surface area contributed by atoms with E-state index in [1.807, 2.05) is 17.5 Å². The molecule has 1 aromatic heterocycles. The van der Waals surface area contributed by atoms with Crippen LogP contribution in [0.5, 0.6) is 5.75 Å². The summed E-state index contributed by atoms with van der Waals surface area (Å²) in [5, 5.41) is 4.53. The minimum atomic E-state index is -1.21. The first-order chi connectivity index (χ1) is 18.0. The van der Waals surface area contributed by atoms with Gasteiger partial charge in [-0.25, -0.2) is 4.79 Å². The van der Waals surface area contributed by atoms with Gasteiger partial charge in [0.25, 0.3) is 5.91 Å². The molecule has 2 aromatic rings. The lowest BCUT2D eigenvalue weighted by molar-refractivity contribution is -0.148. The Morgan fingerprint density at radius 2 is 1.68 bits per heavy atom. The van der Waals surface area contributed by atoms with Gasteiger partial charge in [-0.3, -0.25) is 14.4 Å². The number of hydrogen-bond donors (Lipinski definition) is 1. The average molecular weight is 549 g/mol. The summed E-state index contributed by atoms with van der Waals surface area (Å²) in [6.45, 7) is 5.27. The summed E-state index contributed by atoms with van der Waals surface area (Å²) in [6.07, 6.45) is 0.626. The molecule has 0 aliphatic heterocycles. The Morgan fingerprint density at radius 1 is 0.974 bits per heavy atom. The third kappa shape index (κ3) is 10.4. The summed E-state index contributed by atoms with van der Waals surface area (Å²) in [7, 11) is 2.59. The molecule has 2 rings (SSSR count). The highest BCUT2D eigenvalue weighted by molar-refractivity contribution is 7.09. The Kier molecular flexibility index (Phi) is 12.1. The molecule has 1 N–H and O–H groups in total. The van der Waals surface area contributed by atoms with Crippen LogP contribution in [-0.2, 0) is 35.1 Å². The first-order valence-corrected chi connectivity index (χ1v) is 13.1. The van der Waals surface area contributed by atoms with Crippen molar-refractivity contribution in [3.63, 3.8) is 0 Å². The van der Waals surface area contributed by atoms with Crippen molar-refractivity contribution >= 4 is 35.3 Å². The monoisotopic (exact) mass is 548 g/mol. The lowest BCUT2D eigenvalue weighted by Crippen LogP contribution is -2.46. The number of alkyl carbamates (subject to hydrolysis) is 1. The van der Waals surface area contributed by atoms with Gasteiger partial charge >= 0.3 is 18.0 Å². The van der Waals surface area contributed by atoms with Gasteiger partial charge in [0, 0.05) is 16.9 Å². The highest BCUT2D eigenvalue weighted by Crippen LogP contribution is 2.28. The van der Waals surface area contributed by atoms with E-state index in [9.17, 15) is 19.2 Å². The van der Waals surface area contributed by atoms with Crippen molar-refractivity contribution in [2.45, 2.75) is 58.2 Å². The number of amides is 2. The largest absolute Gasteiger partial charge is 0.493 e. The topological polar surface area (TPSA) is 120 Å². The van der Waals surface area contributed by atoms with Crippen LogP contribution in [0.25, 0.3) is 0 Å². The van der Waals surface area contributed by atoms with Gasteiger partial charge in [0.2, 0.25) is 0 Å². The Balaban J connectivity index is 2.34. The third-order valence-electron chi connectivity index (χ3n) is 5.18. The van der Waals surface area contributed by atoms with Gasteiger partial charge in [0.1, 0.15) is 23.9 Å². The number of ether oxygens (including phenoxy) is 4. The number of carbonyl (C=O) groups is 4. The molecule has 1 aromatic carbocycles. The van der Waals surface area contributed by atoms with Crippen molar-refractivity contribution in [1.29, 1.82) is 0 Å². The molecule has 11 heteroatoms. The number of methoxy groups -OCH3 is 2. The molecule has 10 nitrogen and oxygen atoms in total. The second-order valence-corrected chi connectivity index (χ2v) is 10.4. The van der Waals surface area contributed by atoms with Crippen LogP contribution in [0.3, 0.4) is 0 Å². The van der Waals surface area contributed by atoms with Crippen LogP contribution in [-0.4, -0.2) is 61.8 Å². The second-order valence-electron chi connectivity index (χ2n) is 9.35. The molecule has 0 radical (unpaired) electrons. The van der Waals surface area contributed by atoms with Crippen LogP contribution in [0, 0.1) is 0 Å². The number of thiophene rings is 1. The molecule has 208 valence electrons. The van der Waals surface area contributed by atoms with Gasteiger partial charge in [-0.15, -0.1) is 11.3 Å². The van der Waals surface area contributed by atoms with Crippen molar-refractivity contribution in [2.24, 2.45) is 0 Å². The fourth-order valence-electron chi connectivity index (χ4n) is 3.41. The Hall–Kier alpha value is -3.60. The molecule has 1 atom stereocenters. The van der Waals surface area contributed by atoms with Gasteiger partial charge in [-0.1, -0.05) is 24.3 Å². The number of hydrogen-bond acceptors (Lipinski definition) is 9. The van der Waals surface area contributed by atoms with Gasteiger partial charge in [0.15, 0.2) is 0 Å². The number of benzene rings is 1. The van der Waals surface area contributed by atoms with Gasteiger partial charge in [-0.05, 0) is 51.1 Å². The Bertz CT molecular complexity index is 1070. The summed E-state index contributed by atoms with van der Waals surface area (Å²) >= 11 is 1.44. The molecule has 0 aliphatic rings. The van der Waals surface area contributed by atoms with Crippen molar-refractivity contribution in [1.82, 2.24) is 10.2 Å². The molecular formula is C27H36N2O8S. The average Bonchev–Trinajstić information content (AvgIpc) is 3.38. The quantitative estimate of drug-likeness (QED) is 0.224. The maximum Gasteiger partial charge on any atom is 0.408 e. The third-order valence-corrected chi connectivity index (χ3v) is 6.05. The van der Waals surface area contributed by atoms with E-state index in [-0.39, 0.29) is 32.1 Å². The predicted molar refractivity (Wildman–Crippen MR) is 142 cm³/mol.